The average molecular weight is 292 g/mol. The maximum Gasteiger partial charge on any atom is 0.232 e. The summed E-state index contributed by atoms with van der Waals surface area (Å²) in [6, 6.07) is 8.85. The van der Waals surface area contributed by atoms with Gasteiger partial charge < -0.3 is 10.2 Å². The fourth-order valence-electron chi connectivity index (χ4n) is 2.50. The van der Waals surface area contributed by atoms with Crippen molar-refractivity contribution in [3.63, 3.8) is 0 Å². The van der Waals surface area contributed by atoms with Crippen LogP contribution in [0.1, 0.15) is 38.3 Å². The van der Waals surface area contributed by atoms with Gasteiger partial charge in [-0.25, -0.2) is 0 Å². The third-order valence-electron chi connectivity index (χ3n) is 3.69. The summed E-state index contributed by atoms with van der Waals surface area (Å²) >= 11 is 1.65. The number of carbonyl (C=O) groups is 1. The summed E-state index contributed by atoms with van der Waals surface area (Å²) in [6.45, 7) is 7.13. The van der Waals surface area contributed by atoms with Crippen molar-refractivity contribution in [2.45, 2.75) is 37.6 Å². The Kier molecular flexibility index (Phi) is 5.92. The number of nitrogens with one attached hydrogen (secondary N) is 1. The van der Waals surface area contributed by atoms with E-state index >= 15 is 0 Å². The fraction of sp³-hybridized carbons (Fsp3) is 0.562. The van der Waals surface area contributed by atoms with Crippen molar-refractivity contribution < 1.29 is 4.79 Å². The van der Waals surface area contributed by atoms with Crippen LogP contribution in [0.25, 0.3) is 0 Å². The van der Waals surface area contributed by atoms with Gasteiger partial charge >= 0.3 is 0 Å². The summed E-state index contributed by atoms with van der Waals surface area (Å²) in [5.74, 6) is 0.830. The second-order valence-corrected chi connectivity index (χ2v) is 6.28. The van der Waals surface area contributed by atoms with Gasteiger partial charge in [0.05, 0.1) is 5.75 Å². The fourth-order valence-corrected chi connectivity index (χ4v) is 3.37. The van der Waals surface area contributed by atoms with Gasteiger partial charge in [-0.2, -0.15) is 0 Å². The lowest BCUT2D eigenvalue weighted by Crippen LogP contribution is -2.29. The number of rotatable bonds is 6. The van der Waals surface area contributed by atoms with Crippen LogP contribution in [0.2, 0.25) is 0 Å². The average Bonchev–Trinajstić information content (AvgIpc) is 2.99. The van der Waals surface area contributed by atoms with E-state index in [4.69, 9.17) is 0 Å². The Morgan fingerprint density at radius 2 is 2.15 bits per heavy atom. The second-order valence-electron chi connectivity index (χ2n) is 5.23. The number of thioether (sulfide) groups is 1. The predicted molar refractivity (Wildman–Crippen MR) is 85.1 cm³/mol. The van der Waals surface area contributed by atoms with Crippen molar-refractivity contribution in [1.29, 1.82) is 0 Å². The highest BCUT2D eigenvalue weighted by Gasteiger charge is 2.17. The zero-order chi connectivity index (χ0) is 14.4. The van der Waals surface area contributed by atoms with Crippen LogP contribution in [-0.2, 0) is 4.79 Å². The maximum absolute atomic E-state index is 12.0. The van der Waals surface area contributed by atoms with E-state index in [0.717, 1.165) is 32.5 Å². The molecule has 1 atom stereocenters. The molecule has 4 heteroatoms. The first kappa shape index (κ1) is 15.4. The van der Waals surface area contributed by atoms with E-state index in [1.165, 1.54) is 10.5 Å². The van der Waals surface area contributed by atoms with Gasteiger partial charge in [-0.15, -0.1) is 11.8 Å². The molecule has 20 heavy (non-hydrogen) atoms. The Labute approximate surface area is 126 Å². The molecular weight excluding hydrogens is 268 g/mol. The van der Waals surface area contributed by atoms with Gasteiger partial charge in [-0.1, -0.05) is 19.1 Å². The van der Waals surface area contributed by atoms with Crippen molar-refractivity contribution in [2.24, 2.45) is 0 Å². The molecule has 0 radical (unpaired) electrons. The lowest BCUT2D eigenvalue weighted by atomic mass is 10.1. The summed E-state index contributed by atoms with van der Waals surface area (Å²) < 4.78 is 0. The van der Waals surface area contributed by atoms with Gasteiger partial charge in [-0.05, 0) is 44.0 Å². The van der Waals surface area contributed by atoms with Crippen LogP contribution in [-0.4, -0.2) is 36.2 Å². The molecule has 0 aromatic heterocycles. The highest BCUT2D eigenvalue weighted by Crippen LogP contribution is 2.23. The molecule has 2 rings (SSSR count). The lowest BCUT2D eigenvalue weighted by molar-refractivity contribution is -0.127. The van der Waals surface area contributed by atoms with Crippen LogP contribution in [0.5, 0.6) is 0 Å². The molecule has 1 aromatic carbocycles. The zero-order valence-electron chi connectivity index (χ0n) is 12.4. The van der Waals surface area contributed by atoms with E-state index in [-0.39, 0.29) is 5.91 Å². The first-order chi connectivity index (χ1) is 9.70. The minimum absolute atomic E-state index is 0.276. The van der Waals surface area contributed by atoms with Crippen molar-refractivity contribution in [2.75, 3.05) is 25.4 Å². The molecule has 0 bridgehead atoms. The van der Waals surface area contributed by atoms with E-state index in [9.17, 15) is 4.79 Å². The van der Waals surface area contributed by atoms with Crippen LogP contribution in [0, 0.1) is 0 Å². The summed E-state index contributed by atoms with van der Waals surface area (Å²) in [4.78, 5) is 15.2. The summed E-state index contributed by atoms with van der Waals surface area (Å²) in [5, 5.41) is 3.41. The molecule has 1 aliphatic heterocycles. The molecule has 0 aliphatic carbocycles. The van der Waals surface area contributed by atoms with Gasteiger partial charge in [0, 0.05) is 24.0 Å². The maximum atomic E-state index is 12.0. The molecule has 110 valence electrons. The van der Waals surface area contributed by atoms with Gasteiger partial charge in [0.2, 0.25) is 5.91 Å². The quantitative estimate of drug-likeness (QED) is 0.818. The number of likely N-dealkylation sites (tertiary alicyclic amines) is 1. The first-order valence-electron chi connectivity index (χ1n) is 7.44. The topological polar surface area (TPSA) is 32.3 Å². The number of amides is 1. The van der Waals surface area contributed by atoms with Crippen LogP contribution >= 0.6 is 11.8 Å². The van der Waals surface area contributed by atoms with Crippen molar-refractivity contribution in [3.8, 4) is 0 Å². The normalized spacial score (nSPS) is 16.4. The van der Waals surface area contributed by atoms with E-state index in [1.54, 1.807) is 11.8 Å². The van der Waals surface area contributed by atoms with E-state index < -0.39 is 0 Å². The van der Waals surface area contributed by atoms with Crippen LogP contribution in [0.4, 0.5) is 0 Å². The van der Waals surface area contributed by atoms with Gasteiger partial charge in [-0.3, -0.25) is 4.79 Å². The highest BCUT2D eigenvalue weighted by atomic mass is 32.2. The number of benzene rings is 1. The molecule has 0 saturated carbocycles. The largest absolute Gasteiger partial charge is 0.342 e. The molecule has 1 saturated heterocycles. The molecule has 0 spiro atoms. The molecule has 1 heterocycles. The molecule has 1 aliphatic rings. The molecule has 1 N–H and O–H groups in total. The molecule has 1 fully saturated rings. The van der Waals surface area contributed by atoms with Crippen molar-refractivity contribution in [3.05, 3.63) is 29.8 Å². The molecular formula is C16H24N2OS. The number of hydrogen-bond acceptors (Lipinski definition) is 3. The second kappa shape index (κ2) is 7.70. The number of nitrogens with zero attached hydrogens (tertiary/aromatic N) is 1. The predicted octanol–water partition coefficient (Wildman–Crippen LogP) is 3.07. The SMILES string of the molecule is CCNC(C)c1cccc(SCC(=O)N2CCCC2)c1. The smallest absolute Gasteiger partial charge is 0.232 e. The van der Waals surface area contributed by atoms with E-state index in [1.807, 2.05) is 4.90 Å². The van der Waals surface area contributed by atoms with Crippen LogP contribution < -0.4 is 5.32 Å². The third-order valence-corrected chi connectivity index (χ3v) is 4.67. The Morgan fingerprint density at radius 3 is 2.85 bits per heavy atom. The van der Waals surface area contributed by atoms with E-state index in [0.29, 0.717) is 11.8 Å². The first-order valence-corrected chi connectivity index (χ1v) is 8.43. The Balaban J connectivity index is 1.89. The number of carbonyl (C=O) groups excluding carboxylic acids is 1. The standard InChI is InChI=1S/C16H24N2OS/c1-3-17-13(2)14-7-6-8-15(11-14)20-12-16(19)18-9-4-5-10-18/h6-8,11,13,17H,3-5,9-10,12H2,1-2H3. The monoisotopic (exact) mass is 292 g/mol. The zero-order valence-corrected chi connectivity index (χ0v) is 13.2. The summed E-state index contributed by atoms with van der Waals surface area (Å²) in [5.41, 5.74) is 1.28. The van der Waals surface area contributed by atoms with Crippen LogP contribution in [0.15, 0.2) is 29.2 Å². The highest BCUT2D eigenvalue weighted by molar-refractivity contribution is 8.00. The lowest BCUT2D eigenvalue weighted by Gasteiger charge is -2.16. The van der Waals surface area contributed by atoms with Crippen molar-refractivity contribution in [1.82, 2.24) is 10.2 Å². The Bertz CT molecular complexity index is 444. The van der Waals surface area contributed by atoms with Crippen molar-refractivity contribution >= 4 is 17.7 Å². The van der Waals surface area contributed by atoms with Crippen LogP contribution in [0.3, 0.4) is 0 Å². The molecule has 1 unspecified atom stereocenters. The minimum Gasteiger partial charge on any atom is -0.342 e. The molecule has 1 aromatic rings. The number of hydrogen-bond donors (Lipinski definition) is 1. The van der Waals surface area contributed by atoms with Gasteiger partial charge in [0.1, 0.15) is 0 Å². The van der Waals surface area contributed by atoms with E-state index in [2.05, 4.69) is 43.4 Å². The van der Waals surface area contributed by atoms with Gasteiger partial charge in [0.25, 0.3) is 0 Å². The third kappa shape index (κ3) is 4.25. The van der Waals surface area contributed by atoms with Gasteiger partial charge in [0.15, 0.2) is 0 Å². The summed E-state index contributed by atoms with van der Waals surface area (Å²) in [7, 11) is 0. The minimum atomic E-state index is 0.276. The Hall–Kier alpha value is -1.00. The molecule has 1 amide bonds. The molecule has 3 nitrogen and oxygen atoms in total. The Morgan fingerprint density at radius 1 is 1.40 bits per heavy atom. The summed E-state index contributed by atoms with van der Waals surface area (Å²) in [6.07, 6.45) is 2.32.